The van der Waals surface area contributed by atoms with Gasteiger partial charge in [-0.15, -0.1) is 0 Å². The van der Waals surface area contributed by atoms with Crippen LogP contribution in [0.15, 0.2) is 29.5 Å². The van der Waals surface area contributed by atoms with Crippen LogP contribution in [0.3, 0.4) is 0 Å². The number of pyridine rings is 1. The molecule has 6 N–H and O–H groups in total. The van der Waals surface area contributed by atoms with Gasteiger partial charge in [0.2, 0.25) is 11.8 Å². The number of amides is 2. The van der Waals surface area contributed by atoms with Crippen molar-refractivity contribution in [3.63, 3.8) is 0 Å². The number of carboxylic acids is 1. The zero-order chi connectivity index (χ0) is 19.2. The van der Waals surface area contributed by atoms with Gasteiger partial charge in [-0.05, 0) is 24.5 Å². The third-order valence-corrected chi connectivity index (χ3v) is 3.35. The summed E-state index contributed by atoms with van der Waals surface area (Å²) >= 11 is 0. The van der Waals surface area contributed by atoms with E-state index in [2.05, 4.69) is 26.0 Å². The number of nitrogens with one attached hydrogen (secondary N) is 3. The maximum atomic E-state index is 12.0. The average molecular weight is 364 g/mol. The molecule has 0 aliphatic heterocycles. The fraction of sp³-hybridized carbons (Fsp3) is 0.438. The summed E-state index contributed by atoms with van der Waals surface area (Å²) in [5, 5.41) is 14.1. The third kappa shape index (κ3) is 9.33. The van der Waals surface area contributed by atoms with E-state index in [1.807, 2.05) is 0 Å². The SMILES string of the molecule is NNC=NCCCCC(=O)NCC(=O)NC(CC(=O)O)c1cccnc1. The standard InChI is InChI=1S/C16H24N6O4/c17-21-11-19-6-2-1-5-14(23)20-10-15(24)22-13(8-16(25)26)12-4-3-7-18-9-12/h3-4,7,9,11,13H,1-2,5-6,8,10,17H2,(H,19,21)(H,20,23)(H,22,24)(H,25,26). The number of unbranched alkanes of at least 4 members (excludes halogenated alkanes) is 1. The van der Waals surface area contributed by atoms with E-state index in [1.165, 1.54) is 12.5 Å². The molecular weight excluding hydrogens is 340 g/mol. The van der Waals surface area contributed by atoms with E-state index >= 15 is 0 Å². The third-order valence-electron chi connectivity index (χ3n) is 3.35. The molecule has 1 unspecified atom stereocenters. The van der Waals surface area contributed by atoms with Gasteiger partial charge in [-0.2, -0.15) is 0 Å². The van der Waals surface area contributed by atoms with E-state index in [1.54, 1.807) is 18.3 Å². The Morgan fingerprint density at radius 2 is 2.12 bits per heavy atom. The fourth-order valence-electron chi connectivity index (χ4n) is 2.13. The van der Waals surface area contributed by atoms with Crippen molar-refractivity contribution in [3.05, 3.63) is 30.1 Å². The van der Waals surface area contributed by atoms with Crippen molar-refractivity contribution in [1.82, 2.24) is 21.0 Å². The first-order valence-electron chi connectivity index (χ1n) is 8.15. The van der Waals surface area contributed by atoms with Crippen LogP contribution in [0.2, 0.25) is 0 Å². The van der Waals surface area contributed by atoms with Crippen LogP contribution < -0.4 is 21.9 Å². The number of carbonyl (C=O) groups excluding carboxylic acids is 2. The molecule has 1 aromatic rings. The van der Waals surface area contributed by atoms with Gasteiger partial charge in [0.15, 0.2) is 0 Å². The molecule has 2 amide bonds. The van der Waals surface area contributed by atoms with Gasteiger partial charge in [0, 0.05) is 25.4 Å². The molecule has 0 spiro atoms. The molecule has 1 rings (SSSR count). The van der Waals surface area contributed by atoms with Crippen molar-refractivity contribution >= 4 is 24.1 Å². The molecule has 10 nitrogen and oxygen atoms in total. The van der Waals surface area contributed by atoms with Gasteiger partial charge in [-0.25, -0.2) is 5.84 Å². The highest BCUT2D eigenvalue weighted by molar-refractivity contribution is 5.85. The van der Waals surface area contributed by atoms with Crippen molar-refractivity contribution in [2.24, 2.45) is 10.8 Å². The van der Waals surface area contributed by atoms with E-state index in [-0.39, 0.29) is 25.3 Å². The highest BCUT2D eigenvalue weighted by Crippen LogP contribution is 2.15. The molecule has 1 aromatic heterocycles. The second kappa shape index (κ2) is 12.4. The number of hydrazine groups is 1. The minimum Gasteiger partial charge on any atom is -0.481 e. The Hall–Kier alpha value is -3.01. The van der Waals surface area contributed by atoms with Crippen LogP contribution in [0.1, 0.15) is 37.3 Å². The predicted octanol–water partition coefficient (Wildman–Crippen LogP) is -0.508. The zero-order valence-electron chi connectivity index (χ0n) is 14.4. The zero-order valence-corrected chi connectivity index (χ0v) is 14.4. The lowest BCUT2D eigenvalue weighted by atomic mass is 10.1. The molecule has 26 heavy (non-hydrogen) atoms. The maximum absolute atomic E-state index is 12.0. The summed E-state index contributed by atoms with van der Waals surface area (Å²) < 4.78 is 0. The van der Waals surface area contributed by atoms with Crippen LogP contribution in [0, 0.1) is 0 Å². The number of aliphatic carboxylic acids is 1. The maximum Gasteiger partial charge on any atom is 0.305 e. The topological polar surface area (TPSA) is 159 Å². The van der Waals surface area contributed by atoms with Crippen LogP contribution >= 0.6 is 0 Å². The number of hydrogen-bond donors (Lipinski definition) is 5. The Kier molecular flexibility index (Phi) is 10.0. The van der Waals surface area contributed by atoms with E-state index in [0.717, 1.165) is 6.42 Å². The number of rotatable bonds is 12. The summed E-state index contributed by atoms with van der Waals surface area (Å²) in [6.07, 6.45) is 5.78. The Balaban J connectivity index is 2.35. The second-order valence-corrected chi connectivity index (χ2v) is 5.44. The summed E-state index contributed by atoms with van der Waals surface area (Å²) in [6, 6.07) is 2.63. The summed E-state index contributed by atoms with van der Waals surface area (Å²) in [4.78, 5) is 42.5. The second-order valence-electron chi connectivity index (χ2n) is 5.44. The van der Waals surface area contributed by atoms with Gasteiger partial charge in [-0.3, -0.25) is 24.4 Å². The number of carboxylic acid groups (broad SMARTS) is 1. The van der Waals surface area contributed by atoms with Crippen molar-refractivity contribution in [2.75, 3.05) is 13.1 Å². The summed E-state index contributed by atoms with van der Waals surface area (Å²) in [6.45, 7) is 0.338. The van der Waals surface area contributed by atoms with E-state index in [9.17, 15) is 14.4 Å². The number of nitrogens with zero attached hydrogens (tertiary/aromatic N) is 2. The monoisotopic (exact) mass is 364 g/mol. The Morgan fingerprint density at radius 3 is 2.77 bits per heavy atom. The molecule has 1 heterocycles. The molecule has 1 atom stereocenters. The minimum absolute atomic E-state index is 0.218. The highest BCUT2D eigenvalue weighted by atomic mass is 16.4. The molecule has 0 bridgehead atoms. The largest absolute Gasteiger partial charge is 0.481 e. The molecule has 142 valence electrons. The first kappa shape index (κ1) is 21.0. The van der Waals surface area contributed by atoms with Crippen molar-refractivity contribution < 1.29 is 19.5 Å². The molecule has 0 fully saturated rings. The molecule has 0 aliphatic rings. The summed E-state index contributed by atoms with van der Waals surface area (Å²) in [5.74, 6) is 3.26. The molecule has 0 aromatic carbocycles. The van der Waals surface area contributed by atoms with E-state index < -0.39 is 17.9 Å². The average Bonchev–Trinajstić information content (AvgIpc) is 2.62. The number of carbonyl (C=O) groups is 3. The van der Waals surface area contributed by atoms with Gasteiger partial charge in [0.1, 0.15) is 0 Å². The number of nitrogens with two attached hydrogens (primary N) is 1. The first-order valence-corrected chi connectivity index (χ1v) is 8.15. The summed E-state index contributed by atoms with van der Waals surface area (Å²) in [5.41, 5.74) is 2.87. The summed E-state index contributed by atoms with van der Waals surface area (Å²) in [7, 11) is 0. The van der Waals surface area contributed by atoms with Gasteiger partial charge >= 0.3 is 5.97 Å². The smallest absolute Gasteiger partial charge is 0.305 e. The van der Waals surface area contributed by atoms with Gasteiger partial charge in [0.05, 0.1) is 25.3 Å². The van der Waals surface area contributed by atoms with Crippen molar-refractivity contribution in [1.29, 1.82) is 0 Å². The Labute approximate surface area is 151 Å². The lowest BCUT2D eigenvalue weighted by molar-refractivity contribution is -0.138. The molecule has 0 saturated carbocycles. The number of aromatic nitrogens is 1. The van der Waals surface area contributed by atoms with Crippen LogP contribution in [0.25, 0.3) is 0 Å². The van der Waals surface area contributed by atoms with Crippen LogP contribution in [0.4, 0.5) is 0 Å². The normalized spacial score (nSPS) is 11.7. The first-order chi connectivity index (χ1) is 12.5. The number of aliphatic imine (C=N–C) groups is 1. The van der Waals surface area contributed by atoms with Gasteiger partial charge in [-0.1, -0.05) is 6.07 Å². The van der Waals surface area contributed by atoms with E-state index in [4.69, 9.17) is 10.9 Å². The molecular formula is C16H24N6O4. The Bertz CT molecular complexity index is 608. The van der Waals surface area contributed by atoms with Crippen LogP contribution in [-0.2, 0) is 14.4 Å². The van der Waals surface area contributed by atoms with E-state index in [0.29, 0.717) is 18.5 Å². The van der Waals surface area contributed by atoms with Crippen molar-refractivity contribution in [2.45, 2.75) is 31.7 Å². The highest BCUT2D eigenvalue weighted by Gasteiger charge is 2.18. The van der Waals surface area contributed by atoms with Crippen molar-refractivity contribution in [3.8, 4) is 0 Å². The lowest BCUT2D eigenvalue weighted by Crippen LogP contribution is -2.39. The minimum atomic E-state index is -1.05. The van der Waals surface area contributed by atoms with Gasteiger partial charge in [0.25, 0.3) is 0 Å². The van der Waals surface area contributed by atoms with Gasteiger partial charge < -0.3 is 21.2 Å². The fourth-order valence-corrected chi connectivity index (χ4v) is 2.13. The van der Waals surface area contributed by atoms with Crippen LogP contribution in [-0.4, -0.2) is 47.3 Å². The molecule has 0 saturated heterocycles. The number of hydrogen-bond acceptors (Lipinski definition) is 6. The predicted molar refractivity (Wildman–Crippen MR) is 94.9 cm³/mol. The Morgan fingerprint density at radius 1 is 1.31 bits per heavy atom. The quantitative estimate of drug-likeness (QED) is 0.110. The molecule has 0 aliphatic carbocycles. The molecule has 0 radical (unpaired) electrons. The van der Waals surface area contributed by atoms with Crippen LogP contribution in [0.5, 0.6) is 0 Å². The lowest BCUT2D eigenvalue weighted by Gasteiger charge is -2.17. The molecule has 10 heteroatoms.